The first-order valence-electron chi connectivity index (χ1n) is 6.02. The summed E-state index contributed by atoms with van der Waals surface area (Å²) in [6.45, 7) is 2.09. The minimum Gasteiger partial charge on any atom is -0.458 e. The zero-order valence-corrected chi connectivity index (χ0v) is 10.4. The second-order valence-corrected chi connectivity index (χ2v) is 5.41. The molecule has 0 spiro atoms. The Bertz CT molecular complexity index is 542. The van der Waals surface area contributed by atoms with Crippen LogP contribution in [0.25, 0.3) is 11.0 Å². The van der Waals surface area contributed by atoms with Crippen molar-refractivity contribution in [1.82, 2.24) is 0 Å². The monoisotopic (exact) mass is 250 g/mol. The molecule has 1 fully saturated rings. The van der Waals surface area contributed by atoms with Gasteiger partial charge in [0.05, 0.1) is 0 Å². The fourth-order valence-electron chi connectivity index (χ4n) is 2.32. The highest BCUT2D eigenvalue weighted by Gasteiger charge is 2.34. The van der Waals surface area contributed by atoms with E-state index < -0.39 is 6.10 Å². The topological polar surface area (TPSA) is 33.4 Å². The lowest BCUT2D eigenvalue weighted by molar-refractivity contribution is 0.0853. The summed E-state index contributed by atoms with van der Waals surface area (Å²) in [6, 6.07) is 7.40. The standard InChI is InChI=1S/C14H15ClO2/c1-8(9-2-3-9)14(16)13-7-10-6-11(15)4-5-12(10)17-13/h4-9,14,16H,2-3H2,1H3. The summed E-state index contributed by atoms with van der Waals surface area (Å²) in [6.07, 6.45) is 1.95. The summed E-state index contributed by atoms with van der Waals surface area (Å²) in [7, 11) is 0. The van der Waals surface area contributed by atoms with Crippen LogP contribution in [0.5, 0.6) is 0 Å². The van der Waals surface area contributed by atoms with Gasteiger partial charge in [0.25, 0.3) is 0 Å². The second kappa shape index (κ2) is 4.04. The van der Waals surface area contributed by atoms with Crippen molar-refractivity contribution < 1.29 is 9.52 Å². The number of furan rings is 1. The average Bonchev–Trinajstić information content (AvgIpc) is 3.07. The van der Waals surface area contributed by atoms with Gasteiger partial charge in [-0.25, -0.2) is 0 Å². The van der Waals surface area contributed by atoms with Crippen molar-refractivity contribution in [2.45, 2.75) is 25.9 Å². The molecule has 1 aliphatic rings. The molecule has 1 saturated carbocycles. The summed E-state index contributed by atoms with van der Waals surface area (Å²) < 4.78 is 5.68. The van der Waals surface area contributed by atoms with E-state index in [1.54, 1.807) is 6.07 Å². The number of benzene rings is 1. The molecule has 1 N–H and O–H groups in total. The fraction of sp³-hybridized carbons (Fsp3) is 0.429. The lowest BCUT2D eigenvalue weighted by atomic mass is 9.97. The molecule has 3 rings (SSSR count). The van der Waals surface area contributed by atoms with Gasteiger partial charge in [-0.2, -0.15) is 0 Å². The Hall–Kier alpha value is -0.990. The average molecular weight is 251 g/mol. The van der Waals surface area contributed by atoms with Gasteiger partial charge in [0.1, 0.15) is 17.4 Å². The number of halogens is 1. The number of aliphatic hydroxyl groups is 1. The van der Waals surface area contributed by atoms with E-state index in [1.807, 2.05) is 18.2 Å². The minimum absolute atomic E-state index is 0.269. The highest BCUT2D eigenvalue weighted by molar-refractivity contribution is 6.31. The van der Waals surface area contributed by atoms with Gasteiger partial charge in [0, 0.05) is 10.4 Å². The van der Waals surface area contributed by atoms with E-state index in [4.69, 9.17) is 16.0 Å². The van der Waals surface area contributed by atoms with Crippen molar-refractivity contribution in [3.05, 3.63) is 35.0 Å². The summed E-state index contributed by atoms with van der Waals surface area (Å²) >= 11 is 5.93. The maximum Gasteiger partial charge on any atom is 0.134 e. The molecule has 17 heavy (non-hydrogen) atoms. The highest BCUT2D eigenvalue weighted by Crippen LogP contribution is 2.43. The van der Waals surface area contributed by atoms with Crippen LogP contribution in [0.2, 0.25) is 5.02 Å². The summed E-state index contributed by atoms with van der Waals surface area (Å²) in [4.78, 5) is 0. The largest absolute Gasteiger partial charge is 0.458 e. The second-order valence-electron chi connectivity index (χ2n) is 4.97. The quantitative estimate of drug-likeness (QED) is 0.887. The molecule has 0 bridgehead atoms. The zero-order valence-electron chi connectivity index (χ0n) is 9.69. The molecule has 2 unspecified atom stereocenters. The van der Waals surface area contributed by atoms with Crippen LogP contribution >= 0.6 is 11.6 Å². The SMILES string of the molecule is CC(C1CC1)C(O)c1cc2cc(Cl)ccc2o1. The van der Waals surface area contributed by atoms with Crippen LogP contribution in [0.4, 0.5) is 0 Å². The molecule has 2 nitrogen and oxygen atoms in total. The van der Waals surface area contributed by atoms with Gasteiger partial charge in [-0.3, -0.25) is 0 Å². The molecule has 1 aromatic heterocycles. The van der Waals surface area contributed by atoms with E-state index in [0.29, 0.717) is 16.7 Å². The lowest BCUT2D eigenvalue weighted by Crippen LogP contribution is -2.10. The molecule has 1 aromatic carbocycles. The zero-order chi connectivity index (χ0) is 12.0. The molecule has 1 aliphatic carbocycles. The van der Waals surface area contributed by atoms with Gasteiger partial charge in [0.15, 0.2) is 0 Å². The molecule has 3 heteroatoms. The van der Waals surface area contributed by atoms with Gasteiger partial charge >= 0.3 is 0 Å². The fourth-order valence-corrected chi connectivity index (χ4v) is 2.50. The summed E-state index contributed by atoms with van der Waals surface area (Å²) in [5.41, 5.74) is 0.784. The van der Waals surface area contributed by atoms with Crippen LogP contribution < -0.4 is 0 Å². The van der Waals surface area contributed by atoms with Gasteiger partial charge in [-0.05, 0) is 48.9 Å². The Morgan fingerprint density at radius 1 is 1.35 bits per heavy atom. The molecule has 0 aliphatic heterocycles. The van der Waals surface area contributed by atoms with Crippen molar-refractivity contribution >= 4 is 22.6 Å². The number of rotatable bonds is 3. The van der Waals surface area contributed by atoms with Crippen LogP contribution in [0.15, 0.2) is 28.7 Å². The third-order valence-electron chi connectivity index (χ3n) is 3.65. The number of fused-ring (bicyclic) bond motifs is 1. The van der Waals surface area contributed by atoms with Crippen LogP contribution in [-0.2, 0) is 0 Å². The maximum atomic E-state index is 10.2. The lowest BCUT2D eigenvalue weighted by Gasteiger charge is -2.15. The maximum absolute atomic E-state index is 10.2. The first-order valence-corrected chi connectivity index (χ1v) is 6.40. The molecule has 1 heterocycles. The predicted octanol–water partition coefficient (Wildman–Crippen LogP) is 4.17. The van der Waals surface area contributed by atoms with Gasteiger partial charge in [-0.15, -0.1) is 0 Å². The Morgan fingerprint density at radius 2 is 2.12 bits per heavy atom. The van der Waals surface area contributed by atoms with Gasteiger partial charge < -0.3 is 9.52 Å². The number of hydrogen-bond acceptors (Lipinski definition) is 2. The third kappa shape index (κ3) is 2.07. The van der Waals surface area contributed by atoms with Crippen molar-refractivity contribution in [2.24, 2.45) is 11.8 Å². The predicted molar refractivity (Wildman–Crippen MR) is 68.1 cm³/mol. The van der Waals surface area contributed by atoms with Gasteiger partial charge in [-0.1, -0.05) is 18.5 Å². The Labute approximate surface area is 105 Å². The molecule has 2 aromatic rings. The molecule has 0 amide bonds. The van der Waals surface area contributed by atoms with Crippen molar-refractivity contribution in [3.63, 3.8) is 0 Å². The summed E-state index contributed by atoms with van der Waals surface area (Å²) in [5.74, 6) is 1.58. The molecule has 0 saturated heterocycles. The molecular formula is C14H15ClO2. The van der Waals surface area contributed by atoms with E-state index in [9.17, 15) is 5.11 Å². The Morgan fingerprint density at radius 3 is 2.82 bits per heavy atom. The van der Waals surface area contributed by atoms with E-state index in [0.717, 1.165) is 11.0 Å². The van der Waals surface area contributed by atoms with E-state index in [1.165, 1.54) is 12.8 Å². The first-order chi connectivity index (χ1) is 8.15. The van der Waals surface area contributed by atoms with Crippen molar-refractivity contribution in [2.75, 3.05) is 0 Å². The van der Waals surface area contributed by atoms with Crippen molar-refractivity contribution in [3.8, 4) is 0 Å². The Balaban J connectivity index is 1.94. The molecule has 0 radical (unpaired) electrons. The third-order valence-corrected chi connectivity index (χ3v) is 3.89. The van der Waals surface area contributed by atoms with E-state index in [-0.39, 0.29) is 5.92 Å². The first kappa shape index (κ1) is 11.1. The smallest absolute Gasteiger partial charge is 0.134 e. The normalized spacial score (nSPS) is 19.5. The van der Waals surface area contributed by atoms with Crippen LogP contribution in [0.3, 0.4) is 0 Å². The highest BCUT2D eigenvalue weighted by atomic mass is 35.5. The van der Waals surface area contributed by atoms with Crippen LogP contribution in [0.1, 0.15) is 31.6 Å². The summed E-state index contributed by atoms with van der Waals surface area (Å²) in [5, 5.41) is 11.9. The van der Waals surface area contributed by atoms with Crippen LogP contribution in [-0.4, -0.2) is 5.11 Å². The van der Waals surface area contributed by atoms with Gasteiger partial charge in [0.2, 0.25) is 0 Å². The number of aliphatic hydroxyl groups excluding tert-OH is 1. The molecule has 90 valence electrons. The Kier molecular flexibility index (Phi) is 2.64. The van der Waals surface area contributed by atoms with Crippen molar-refractivity contribution in [1.29, 1.82) is 0 Å². The van der Waals surface area contributed by atoms with Crippen LogP contribution in [0, 0.1) is 11.8 Å². The van der Waals surface area contributed by atoms with E-state index in [2.05, 4.69) is 6.92 Å². The number of hydrogen-bond donors (Lipinski definition) is 1. The van der Waals surface area contributed by atoms with E-state index >= 15 is 0 Å². The minimum atomic E-state index is -0.506. The molecular weight excluding hydrogens is 236 g/mol. The molecule has 2 atom stereocenters.